The molecule has 0 aliphatic carbocycles. The first-order valence-electron chi connectivity index (χ1n) is 12.1. The van der Waals surface area contributed by atoms with Crippen LogP contribution in [-0.4, -0.2) is 39.4 Å². The molecule has 6 nitrogen and oxygen atoms in total. The number of hydrogen-bond donors (Lipinski definition) is 0. The molecular formula is C28H32F2O6. The van der Waals surface area contributed by atoms with E-state index in [1.165, 1.54) is 38.5 Å². The van der Waals surface area contributed by atoms with Crippen molar-refractivity contribution in [2.24, 2.45) is 0 Å². The highest BCUT2D eigenvalue weighted by Gasteiger charge is 2.21. The van der Waals surface area contributed by atoms with E-state index in [0.29, 0.717) is 17.7 Å². The first-order valence-corrected chi connectivity index (χ1v) is 12.1. The monoisotopic (exact) mass is 502 g/mol. The summed E-state index contributed by atoms with van der Waals surface area (Å²) in [5.74, 6) is -0.737. The number of hydrogen-bond acceptors (Lipinski definition) is 6. The van der Waals surface area contributed by atoms with Gasteiger partial charge in [-0.05, 0) is 85.2 Å². The van der Waals surface area contributed by atoms with Crippen LogP contribution < -0.4 is 0 Å². The molecule has 0 N–H and O–H groups in total. The summed E-state index contributed by atoms with van der Waals surface area (Å²) in [6, 6.07) is 8.88. The fourth-order valence-corrected chi connectivity index (χ4v) is 4.18. The molecule has 2 aromatic rings. The topological polar surface area (TPSA) is 71.1 Å². The first-order chi connectivity index (χ1) is 17.4. The van der Waals surface area contributed by atoms with Gasteiger partial charge in [-0.1, -0.05) is 6.07 Å². The third-order valence-electron chi connectivity index (χ3n) is 6.03. The molecule has 0 spiro atoms. The Hall–Kier alpha value is -3.26. The molecular weight excluding hydrogens is 470 g/mol. The normalized spacial score (nSPS) is 17.1. The lowest BCUT2D eigenvalue weighted by atomic mass is 9.95. The van der Waals surface area contributed by atoms with E-state index in [2.05, 4.69) is 9.47 Å². The summed E-state index contributed by atoms with van der Waals surface area (Å²) < 4.78 is 47.0. The van der Waals surface area contributed by atoms with Gasteiger partial charge >= 0.3 is 11.9 Å². The molecule has 0 saturated carbocycles. The van der Waals surface area contributed by atoms with E-state index >= 15 is 0 Å². The van der Waals surface area contributed by atoms with Gasteiger partial charge in [-0.15, -0.1) is 0 Å². The van der Waals surface area contributed by atoms with Crippen LogP contribution in [0.5, 0.6) is 0 Å². The molecule has 0 amide bonds. The van der Waals surface area contributed by atoms with Gasteiger partial charge < -0.3 is 18.9 Å². The van der Waals surface area contributed by atoms with Crippen LogP contribution in [0, 0.1) is 11.6 Å². The summed E-state index contributed by atoms with van der Waals surface area (Å²) >= 11 is 0. The second-order valence-corrected chi connectivity index (χ2v) is 8.56. The summed E-state index contributed by atoms with van der Waals surface area (Å²) in [5, 5.41) is 0. The summed E-state index contributed by atoms with van der Waals surface area (Å²) in [6.45, 7) is 1.38. The minimum Gasteiger partial charge on any atom is -0.493 e. The Morgan fingerprint density at radius 2 is 1.56 bits per heavy atom. The summed E-state index contributed by atoms with van der Waals surface area (Å²) in [5.41, 5.74) is 2.92. The lowest BCUT2D eigenvalue weighted by molar-refractivity contribution is -0.140. The summed E-state index contributed by atoms with van der Waals surface area (Å²) in [6.07, 6.45) is 7.06. The molecule has 0 radical (unpaired) electrons. The van der Waals surface area contributed by atoms with Gasteiger partial charge in [0.2, 0.25) is 0 Å². The summed E-state index contributed by atoms with van der Waals surface area (Å²) in [4.78, 5) is 22.7. The van der Waals surface area contributed by atoms with E-state index in [1.807, 2.05) is 6.08 Å². The maximum atomic E-state index is 13.3. The number of halogens is 2. The second kappa shape index (κ2) is 13.7. The molecule has 0 bridgehead atoms. The number of allylic oxidation sites excluding steroid dienone is 1. The zero-order valence-corrected chi connectivity index (χ0v) is 20.7. The number of benzene rings is 2. The Morgan fingerprint density at radius 3 is 2.17 bits per heavy atom. The van der Waals surface area contributed by atoms with Crippen molar-refractivity contribution >= 4 is 17.7 Å². The molecule has 2 heterocycles. The van der Waals surface area contributed by atoms with Crippen molar-refractivity contribution in [1.29, 1.82) is 0 Å². The molecule has 2 aliphatic rings. The number of methoxy groups -OCH3 is 2. The van der Waals surface area contributed by atoms with Gasteiger partial charge in [0.15, 0.2) is 0 Å². The maximum absolute atomic E-state index is 13.3. The molecule has 1 fully saturated rings. The standard InChI is InChI=1S/C14H17FO3.C14H15FO3/c2*1-17-14(16)9-10-8-11(15)5-6-12(10)13-4-2-3-7-18-13/h5-6,8,13H,2-4,7,9H2,1H3;4-6,8H,2-3,7,9H2,1H3. The van der Waals surface area contributed by atoms with Crippen LogP contribution in [0.25, 0.3) is 5.76 Å². The van der Waals surface area contributed by atoms with Crippen LogP contribution in [0.2, 0.25) is 0 Å². The second-order valence-electron chi connectivity index (χ2n) is 8.56. The quantitative estimate of drug-likeness (QED) is 0.488. The third kappa shape index (κ3) is 7.88. The Labute approximate surface area is 210 Å². The highest BCUT2D eigenvalue weighted by Crippen LogP contribution is 2.31. The van der Waals surface area contributed by atoms with E-state index in [0.717, 1.165) is 55.6 Å². The Morgan fingerprint density at radius 1 is 0.889 bits per heavy atom. The van der Waals surface area contributed by atoms with Gasteiger partial charge in [-0.3, -0.25) is 9.59 Å². The Balaban J connectivity index is 0.000000201. The Kier molecular flexibility index (Phi) is 10.4. The average Bonchev–Trinajstić information content (AvgIpc) is 2.90. The van der Waals surface area contributed by atoms with E-state index < -0.39 is 5.97 Å². The smallest absolute Gasteiger partial charge is 0.310 e. The van der Waals surface area contributed by atoms with Gasteiger partial charge in [-0.25, -0.2) is 8.78 Å². The van der Waals surface area contributed by atoms with Crippen LogP contribution >= 0.6 is 0 Å². The van der Waals surface area contributed by atoms with Gasteiger partial charge in [0.25, 0.3) is 0 Å². The molecule has 1 unspecified atom stereocenters. The molecule has 4 rings (SSSR count). The lowest BCUT2D eigenvalue weighted by Gasteiger charge is -2.24. The zero-order valence-electron chi connectivity index (χ0n) is 20.7. The van der Waals surface area contributed by atoms with Crippen LogP contribution in [0.4, 0.5) is 8.78 Å². The van der Waals surface area contributed by atoms with E-state index in [4.69, 9.17) is 9.47 Å². The summed E-state index contributed by atoms with van der Waals surface area (Å²) in [7, 11) is 2.65. The molecule has 2 aromatic carbocycles. The van der Waals surface area contributed by atoms with Crippen LogP contribution in [0.3, 0.4) is 0 Å². The number of rotatable bonds is 6. The number of carbonyl (C=O) groups excluding carboxylic acids is 2. The van der Waals surface area contributed by atoms with E-state index in [1.54, 1.807) is 12.1 Å². The van der Waals surface area contributed by atoms with Crippen LogP contribution in [-0.2, 0) is 41.4 Å². The largest absolute Gasteiger partial charge is 0.493 e. The number of carbonyl (C=O) groups is 2. The highest BCUT2D eigenvalue weighted by atomic mass is 19.1. The van der Waals surface area contributed by atoms with Crippen molar-refractivity contribution in [3.63, 3.8) is 0 Å². The molecule has 36 heavy (non-hydrogen) atoms. The maximum Gasteiger partial charge on any atom is 0.310 e. The highest BCUT2D eigenvalue weighted by molar-refractivity contribution is 5.76. The first kappa shape index (κ1) is 27.3. The number of esters is 2. The average molecular weight is 503 g/mol. The van der Waals surface area contributed by atoms with Crippen molar-refractivity contribution in [1.82, 2.24) is 0 Å². The van der Waals surface area contributed by atoms with Crippen LogP contribution in [0.1, 0.15) is 60.5 Å². The molecule has 0 aromatic heterocycles. The molecule has 2 aliphatic heterocycles. The Bertz CT molecular complexity index is 1080. The SMILES string of the molecule is COC(=O)Cc1cc(F)ccc1C1=CCCCO1.COC(=O)Cc1cc(F)ccc1C1CCCCO1. The van der Waals surface area contributed by atoms with Gasteiger partial charge in [0.1, 0.15) is 17.4 Å². The number of ether oxygens (including phenoxy) is 4. The lowest BCUT2D eigenvalue weighted by Crippen LogP contribution is -2.15. The molecule has 194 valence electrons. The minimum absolute atomic E-state index is 0.0287. The van der Waals surface area contributed by atoms with Crippen molar-refractivity contribution in [3.05, 3.63) is 76.4 Å². The van der Waals surface area contributed by atoms with Gasteiger partial charge in [0.05, 0.1) is 39.8 Å². The van der Waals surface area contributed by atoms with Crippen LogP contribution in [0.15, 0.2) is 42.5 Å². The predicted octanol–water partition coefficient (Wildman–Crippen LogP) is 5.48. The fraction of sp³-hybridized carbons (Fsp3) is 0.429. The molecule has 1 saturated heterocycles. The zero-order chi connectivity index (χ0) is 25.9. The van der Waals surface area contributed by atoms with Crippen molar-refractivity contribution in [2.75, 3.05) is 27.4 Å². The van der Waals surface area contributed by atoms with Crippen molar-refractivity contribution in [2.45, 2.75) is 51.0 Å². The molecule has 1 atom stereocenters. The van der Waals surface area contributed by atoms with E-state index in [-0.39, 0.29) is 36.5 Å². The van der Waals surface area contributed by atoms with E-state index in [9.17, 15) is 18.4 Å². The third-order valence-corrected chi connectivity index (χ3v) is 6.03. The minimum atomic E-state index is -0.391. The van der Waals surface area contributed by atoms with Gasteiger partial charge in [0, 0.05) is 12.2 Å². The molecule has 8 heteroatoms. The fourth-order valence-electron chi connectivity index (χ4n) is 4.18. The van der Waals surface area contributed by atoms with Crippen molar-refractivity contribution in [3.8, 4) is 0 Å². The van der Waals surface area contributed by atoms with Crippen molar-refractivity contribution < 1.29 is 37.3 Å². The van der Waals surface area contributed by atoms with Gasteiger partial charge in [-0.2, -0.15) is 0 Å². The predicted molar refractivity (Wildman–Crippen MR) is 130 cm³/mol.